The van der Waals surface area contributed by atoms with Crippen LogP contribution in [0.3, 0.4) is 0 Å². The number of nitrogens with one attached hydrogen (secondary N) is 1. The van der Waals surface area contributed by atoms with E-state index in [-0.39, 0.29) is 23.8 Å². The first-order chi connectivity index (χ1) is 17.0. The van der Waals surface area contributed by atoms with Gasteiger partial charge in [-0.05, 0) is 80.5 Å². The average molecular weight is 471 g/mol. The predicted octanol–water partition coefficient (Wildman–Crippen LogP) is 4.57. The maximum Gasteiger partial charge on any atom is 0.246 e. The fourth-order valence-corrected chi connectivity index (χ4v) is 7.39. The van der Waals surface area contributed by atoms with Gasteiger partial charge in [0, 0.05) is 31.1 Å². The summed E-state index contributed by atoms with van der Waals surface area (Å²) in [6.07, 6.45) is 7.83. The van der Waals surface area contributed by atoms with Crippen LogP contribution in [0.4, 0.5) is 5.69 Å². The van der Waals surface area contributed by atoms with E-state index in [0.717, 1.165) is 59.6 Å². The topological polar surface area (TPSA) is 67.2 Å². The third kappa shape index (κ3) is 4.13. The van der Waals surface area contributed by atoms with Crippen LogP contribution in [0, 0.1) is 23.2 Å². The number of para-hydroxylation sites is 3. The van der Waals surface area contributed by atoms with Gasteiger partial charge in [0.2, 0.25) is 11.8 Å². The molecule has 0 spiro atoms. The highest BCUT2D eigenvalue weighted by atomic mass is 16.2. The van der Waals surface area contributed by atoms with Gasteiger partial charge in [0.15, 0.2) is 0 Å². The first-order valence-electron chi connectivity index (χ1n) is 13.0. The van der Waals surface area contributed by atoms with E-state index in [1.54, 1.807) is 4.90 Å². The number of amides is 2. The van der Waals surface area contributed by atoms with Crippen LogP contribution in [-0.4, -0.2) is 35.0 Å². The van der Waals surface area contributed by atoms with E-state index in [1.807, 2.05) is 66.2 Å². The molecule has 0 radical (unpaired) electrons. The zero-order valence-electron chi connectivity index (χ0n) is 20.5. The highest BCUT2D eigenvalue weighted by Crippen LogP contribution is 2.60. The van der Waals surface area contributed by atoms with Gasteiger partial charge in [0.25, 0.3) is 0 Å². The van der Waals surface area contributed by atoms with Crippen molar-refractivity contribution in [3.05, 3.63) is 60.4 Å². The molecule has 1 heterocycles. The van der Waals surface area contributed by atoms with Crippen LogP contribution in [0.2, 0.25) is 0 Å². The molecule has 4 saturated carbocycles. The molecular weight excluding hydrogens is 436 g/mol. The number of hydrogen-bond donors (Lipinski definition) is 1. The summed E-state index contributed by atoms with van der Waals surface area (Å²) >= 11 is 0. The van der Waals surface area contributed by atoms with Gasteiger partial charge in [-0.1, -0.05) is 30.3 Å². The maximum absolute atomic E-state index is 13.4. The van der Waals surface area contributed by atoms with E-state index < -0.39 is 0 Å². The molecule has 4 aliphatic carbocycles. The molecular formula is C29H34N4O2. The van der Waals surface area contributed by atoms with E-state index in [0.29, 0.717) is 13.0 Å². The van der Waals surface area contributed by atoms with Crippen molar-refractivity contribution >= 4 is 28.5 Å². The minimum Gasteiger partial charge on any atom is -0.355 e. The Morgan fingerprint density at radius 2 is 1.60 bits per heavy atom. The Hall–Kier alpha value is -3.15. The predicted molar refractivity (Wildman–Crippen MR) is 137 cm³/mol. The Morgan fingerprint density at radius 3 is 2.29 bits per heavy atom. The third-order valence-corrected chi connectivity index (χ3v) is 8.70. The summed E-state index contributed by atoms with van der Waals surface area (Å²) in [4.78, 5) is 33.0. The smallest absolute Gasteiger partial charge is 0.246 e. The molecule has 0 saturated heterocycles. The van der Waals surface area contributed by atoms with Crippen LogP contribution in [0.25, 0.3) is 11.0 Å². The largest absolute Gasteiger partial charge is 0.355 e. The minimum atomic E-state index is -0.136. The minimum absolute atomic E-state index is 0.00166. The molecule has 1 aromatic heterocycles. The van der Waals surface area contributed by atoms with Crippen molar-refractivity contribution < 1.29 is 9.59 Å². The number of imidazole rings is 1. The van der Waals surface area contributed by atoms with Gasteiger partial charge in [-0.25, -0.2) is 4.98 Å². The van der Waals surface area contributed by atoms with E-state index in [9.17, 15) is 9.59 Å². The fraction of sp³-hybridized carbons (Fsp3) is 0.483. The molecule has 3 aromatic rings. The number of carbonyl (C=O) groups excluding carboxylic acids is 2. The van der Waals surface area contributed by atoms with Crippen molar-refractivity contribution in [2.24, 2.45) is 23.2 Å². The molecule has 2 aromatic carbocycles. The van der Waals surface area contributed by atoms with Crippen molar-refractivity contribution in [1.29, 1.82) is 0 Å². The lowest BCUT2D eigenvalue weighted by Gasteiger charge is -2.55. The third-order valence-electron chi connectivity index (χ3n) is 8.70. The zero-order chi connectivity index (χ0) is 24.0. The Balaban J connectivity index is 1.16. The van der Waals surface area contributed by atoms with Gasteiger partial charge in [-0.2, -0.15) is 0 Å². The van der Waals surface area contributed by atoms with Crippen LogP contribution in [0.5, 0.6) is 0 Å². The van der Waals surface area contributed by atoms with Crippen LogP contribution in [0.1, 0.15) is 44.3 Å². The van der Waals surface area contributed by atoms with Crippen molar-refractivity contribution in [3.63, 3.8) is 0 Å². The average Bonchev–Trinajstić information content (AvgIpc) is 3.20. The summed E-state index contributed by atoms with van der Waals surface area (Å²) in [5, 5.41) is 3.27. The molecule has 6 heteroatoms. The Morgan fingerprint density at radius 1 is 0.971 bits per heavy atom. The number of hydrogen-bond acceptors (Lipinski definition) is 3. The second-order valence-corrected chi connectivity index (χ2v) is 11.1. The molecule has 35 heavy (non-hydrogen) atoms. The van der Waals surface area contributed by atoms with Crippen molar-refractivity contribution in [2.75, 3.05) is 18.5 Å². The second kappa shape index (κ2) is 8.81. The Bertz CT molecular complexity index is 1210. The van der Waals surface area contributed by atoms with E-state index in [4.69, 9.17) is 4.98 Å². The standard InChI is InChI=1S/C29H34N4O2/c1-32(23-7-3-2-4-8-23)27(34)19-33-25-10-6-5-9-24(25)31-26(33)11-12-30-28(35)29-16-20-13-21(17-29)15-22(14-20)18-29/h2-10,20-22H,11-19H2,1H3,(H,30,35). The fourth-order valence-electron chi connectivity index (χ4n) is 7.39. The van der Waals surface area contributed by atoms with Crippen molar-refractivity contribution in [2.45, 2.75) is 51.5 Å². The number of likely N-dealkylation sites (N-methyl/N-ethyl adjacent to an activating group) is 1. The van der Waals surface area contributed by atoms with Gasteiger partial charge in [0.05, 0.1) is 11.0 Å². The second-order valence-electron chi connectivity index (χ2n) is 11.1. The highest BCUT2D eigenvalue weighted by molar-refractivity contribution is 5.93. The SMILES string of the molecule is CN(C(=O)Cn1c(CCNC(=O)C23CC4CC(CC(C4)C2)C3)nc2ccccc21)c1ccccc1. The number of aromatic nitrogens is 2. The van der Waals surface area contributed by atoms with E-state index >= 15 is 0 Å². The molecule has 7 rings (SSSR count). The number of benzene rings is 2. The molecule has 0 aliphatic heterocycles. The summed E-state index contributed by atoms with van der Waals surface area (Å²) in [5.41, 5.74) is 2.56. The lowest BCUT2D eigenvalue weighted by molar-refractivity contribution is -0.146. The lowest BCUT2D eigenvalue weighted by Crippen LogP contribution is -2.53. The van der Waals surface area contributed by atoms with Gasteiger partial charge >= 0.3 is 0 Å². The number of carbonyl (C=O) groups is 2. The first kappa shape index (κ1) is 22.3. The monoisotopic (exact) mass is 470 g/mol. The molecule has 4 bridgehead atoms. The lowest BCUT2D eigenvalue weighted by atomic mass is 9.49. The van der Waals surface area contributed by atoms with Crippen LogP contribution < -0.4 is 10.2 Å². The van der Waals surface area contributed by atoms with Gasteiger partial charge in [-0.3, -0.25) is 9.59 Å². The summed E-state index contributed by atoms with van der Waals surface area (Å²) in [7, 11) is 1.81. The summed E-state index contributed by atoms with van der Waals surface area (Å²) < 4.78 is 2.01. The molecule has 0 atom stereocenters. The molecule has 2 amide bonds. The van der Waals surface area contributed by atoms with Gasteiger partial charge < -0.3 is 14.8 Å². The van der Waals surface area contributed by atoms with Crippen LogP contribution in [-0.2, 0) is 22.6 Å². The molecule has 182 valence electrons. The summed E-state index contributed by atoms with van der Waals surface area (Å²) in [5.74, 6) is 3.35. The quantitative estimate of drug-likeness (QED) is 0.550. The molecule has 1 N–H and O–H groups in total. The summed E-state index contributed by atoms with van der Waals surface area (Å²) in [6.45, 7) is 0.761. The van der Waals surface area contributed by atoms with Gasteiger partial charge in [-0.15, -0.1) is 0 Å². The summed E-state index contributed by atoms with van der Waals surface area (Å²) in [6, 6.07) is 17.6. The number of fused-ring (bicyclic) bond motifs is 1. The first-order valence-corrected chi connectivity index (χ1v) is 13.0. The van der Waals surface area contributed by atoms with Crippen LogP contribution >= 0.6 is 0 Å². The number of nitrogens with zero attached hydrogens (tertiary/aromatic N) is 3. The van der Waals surface area contributed by atoms with Crippen molar-refractivity contribution in [3.8, 4) is 0 Å². The molecule has 6 nitrogen and oxygen atoms in total. The highest BCUT2D eigenvalue weighted by Gasteiger charge is 2.54. The van der Waals surface area contributed by atoms with Gasteiger partial charge in [0.1, 0.15) is 12.4 Å². The number of anilines is 1. The molecule has 4 fully saturated rings. The van der Waals surface area contributed by atoms with E-state index in [2.05, 4.69) is 5.32 Å². The van der Waals surface area contributed by atoms with Crippen LogP contribution in [0.15, 0.2) is 54.6 Å². The Labute approximate surface area is 206 Å². The normalized spacial score (nSPS) is 26.7. The van der Waals surface area contributed by atoms with E-state index in [1.165, 1.54) is 19.3 Å². The molecule has 0 unspecified atom stereocenters. The maximum atomic E-state index is 13.4. The van der Waals surface area contributed by atoms with Crippen molar-refractivity contribution in [1.82, 2.24) is 14.9 Å². The Kier molecular flexibility index (Phi) is 5.62. The number of rotatable bonds is 7. The molecule has 4 aliphatic rings. The zero-order valence-corrected chi connectivity index (χ0v) is 20.5.